The number of anilines is 1. The summed E-state index contributed by atoms with van der Waals surface area (Å²) in [6, 6.07) is 22.3. The number of hydrogen-bond acceptors (Lipinski definition) is 4. The molecule has 4 rings (SSSR count). The molecular weight excluding hydrogens is 400 g/mol. The quantitative estimate of drug-likeness (QED) is 0.661. The fourth-order valence-corrected chi connectivity index (χ4v) is 4.15. The Bertz CT molecular complexity index is 1180. The molecule has 7 heteroatoms. The Balaban J connectivity index is 1.48. The predicted octanol–water partition coefficient (Wildman–Crippen LogP) is 2.89. The fraction of sp³-hybridized carbons (Fsp3) is 0.174. The van der Waals surface area contributed by atoms with Gasteiger partial charge in [-0.3, -0.25) is 4.79 Å². The van der Waals surface area contributed by atoms with Crippen LogP contribution in [0.1, 0.15) is 16.7 Å². The van der Waals surface area contributed by atoms with Gasteiger partial charge in [-0.05, 0) is 41.3 Å². The van der Waals surface area contributed by atoms with Crippen molar-refractivity contribution in [3.63, 3.8) is 0 Å². The van der Waals surface area contributed by atoms with Gasteiger partial charge in [-0.1, -0.05) is 54.6 Å². The number of sulfonamides is 1. The predicted molar refractivity (Wildman–Crippen MR) is 115 cm³/mol. The molecule has 0 saturated heterocycles. The molecule has 0 saturated carbocycles. The van der Waals surface area contributed by atoms with Crippen molar-refractivity contribution in [2.75, 3.05) is 18.1 Å². The zero-order valence-electron chi connectivity index (χ0n) is 16.3. The molecule has 0 aliphatic carbocycles. The molecule has 0 spiro atoms. The van der Waals surface area contributed by atoms with Gasteiger partial charge in [-0.15, -0.1) is 0 Å². The van der Waals surface area contributed by atoms with E-state index in [1.807, 2.05) is 54.6 Å². The topological polar surface area (TPSA) is 89.7 Å². The highest BCUT2D eigenvalue weighted by Gasteiger charge is 2.26. The van der Waals surface area contributed by atoms with Crippen molar-refractivity contribution in [1.82, 2.24) is 0 Å². The van der Waals surface area contributed by atoms with E-state index in [1.165, 1.54) is 12.1 Å². The minimum Gasteiger partial charge on any atom is -0.483 e. The standard InChI is InChI=1S/C23H22N2O4S/c24-30(27,28)20-11-10-18-12-13-25(21(18)15-20)23(26)16-29-22-9-5-4-8-19(22)14-17-6-2-1-3-7-17/h1-11,15H,12-14,16H2,(H2,24,27,28). The van der Waals surface area contributed by atoms with E-state index in [0.29, 0.717) is 30.8 Å². The Hall–Kier alpha value is -3.16. The molecule has 0 fully saturated rings. The van der Waals surface area contributed by atoms with Crippen LogP contribution in [0.5, 0.6) is 5.75 Å². The first kappa shape index (κ1) is 20.1. The van der Waals surface area contributed by atoms with Gasteiger partial charge in [-0.2, -0.15) is 0 Å². The lowest BCUT2D eigenvalue weighted by molar-refractivity contribution is -0.120. The van der Waals surface area contributed by atoms with Crippen LogP contribution >= 0.6 is 0 Å². The zero-order chi connectivity index (χ0) is 21.1. The molecule has 6 nitrogen and oxygen atoms in total. The van der Waals surface area contributed by atoms with E-state index in [1.54, 1.807) is 11.0 Å². The molecule has 0 unspecified atom stereocenters. The molecule has 0 atom stereocenters. The maximum Gasteiger partial charge on any atom is 0.264 e. The number of hydrogen-bond donors (Lipinski definition) is 1. The molecular formula is C23H22N2O4S. The molecule has 0 bridgehead atoms. The molecule has 1 heterocycles. The molecule has 3 aromatic rings. The van der Waals surface area contributed by atoms with E-state index in [-0.39, 0.29) is 17.4 Å². The second-order valence-electron chi connectivity index (χ2n) is 7.19. The lowest BCUT2D eigenvalue weighted by Gasteiger charge is -2.19. The van der Waals surface area contributed by atoms with Crippen molar-refractivity contribution < 1.29 is 17.9 Å². The Morgan fingerprint density at radius 2 is 1.73 bits per heavy atom. The SMILES string of the molecule is NS(=O)(=O)c1ccc2c(c1)N(C(=O)COc1ccccc1Cc1ccccc1)CC2. The third kappa shape index (κ3) is 4.37. The van der Waals surface area contributed by atoms with Crippen molar-refractivity contribution in [3.05, 3.63) is 89.5 Å². The second kappa shape index (κ2) is 8.30. The normalized spacial score (nSPS) is 13.2. The summed E-state index contributed by atoms with van der Waals surface area (Å²) in [5.41, 5.74) is 3.65. The van der Waals surface area contributed by atoms with Crippen LogP contribution in [0.15, 0.2) is 77.7 Å². The van der Waals surface area contributed by atoms with Gasteiger partial charge in [0.05, 0.1) is 4.90 Å². The van der Waals surface area contributed by atoms with E-state index < -0.39 is 10.0 Å². The van der Waals surface area contributed by atoms with Crippen LogP contribution in [0.4, 0.5) is 5.69 Å². The second-order valence-corrected chi connectivity index (χ2v) is 8.75. The lowest BCUT2D eigenvalue weighted by Crippen LogP contribution is -2.33. The van der Waals surface area contributed by atoms with Crippen LogP contribution < -0.4 is 14.8 Å². The maximum absolute atomic E-state index is 12.8. The van der Waals surface area contributed by atoms with Gasteiger partial charge in [-0.25, -0.2) is 13.6 Å². The number of para-hydroxylation sites is 1. The summed E-state index contributed by atoms with van der Waals surface area (Å²) in [4.78, 5) is 14.4. The van der Waals surface area contributed by atoms with E-state index >= 15 is 0 Å². The van der Waals surface area contributed by atoms with Crippen molar-refractivity contribution in [2.45, 2.75) is 17.7 Å². The molecule has 3 aromatic carbocycles. The average molecular weight is 423 g/mol. The first-order chi connectivity index (χ1) is 14.4. The number of fused-ring (bicyclic) bond motifs is 1. The molecule has 2 N–H and O–H groups in total. The number of carbonyl (C=O) groups is 1. The van der Waals surface area contributed by atoms with Gasteiger partial charge < -0.3 is 9.64 Å². The number of carbonyl (C=O) groups excluding carboxylic acids is 1. The van der Waals surface area contributed by atoms with E-state index in [0.717, 1.165) is 16.7 Å². The minimum atomic E-state index is -3.83. The average Bonchev–Trinajstić information content (AvgIpc) is 3.16. The highest BCUT2D eigenvalue weighted by Crippen LogP contribution is 2.30. The third-order valence-corrected chi connectivity index (χ3v) is 6.05. The van der Waals surface area contributed by atoms with Crippen LogP contribution in [0.25, 0.3) is 0 Å². The van der Waals surface area contributed by atoms with Crippen LogP contribution in [0.2, 0.25) is 0 Å². The Morgan fingerprint density at radius 3 is 2.50 bits per heavy atom. The van der Waals surface area contributed by atoms with Gasteiger partial charge in [0.2, 0.25) is 10.0 Å². The van der Waals surface area contributed by atoms with Gasteiger partial charge >= 0.3 is 0 Å². The molecule has 1 aliphatic heterocycles. The molecule has 0 aromatic heterocycles. The Kier molecular flexibility index (Phi) is 5.57. The smallest absolute Gasteiger partial charge is 0.264 e. The molecule has 154 valence electrons. The summed E-state index contributed by atoms with van der Waals surface area (Å²) < 4.78 is 29.2. The Morgan fingerprint density at radius 1 is 1.00 bits per heavy atom. The zero-order valence-corrected chi connectivity index (χ0v) is 17.1. The van der Waals surface area contributed by atoms with Gasteiger partial charge in [0.1, 0.15) is 5.75 Å². The summed E-state index contributed by atoms with van der Waals surface area (Å²) in [6.45, 7) is 0.349. The first-order valence-electron chi connectivity index (χ1n) is 9.62. The minimum absolute atomic E-state index is 0.00456. The van der Waals surface area contributed by atoms with Crippen LogP contribution in [-0.4, -0.2) is 27.5 Å². The number of nitrogens with zero attached hydrogens (tertiary/aromatic N) is 1. The van der Waals surface area contributed by atoms with Crippen LogP contribution in [0.3, 0.4) is 0 Å². The summed E-state index contributed by atoms with van der Waals surface area (Å²) in [5.74, 6) is 0.433. The molecule has 0 radical (unpaired) electrons. The molecule has 30 heavy (non-hydrogen) atoms. The van der Waals surface area contributed by atoms with Crippen molar-refractivity contribution in [1.29, 1.82) is 0 Å². The van der Waals surface area contributed by atoms with Crippen molar-refractivity contribution >= 4 is 21.6 Å². The number of amides is 1. The summed E-state index contributed by atoms with van der Waals surface area (Å²) >= 11 is 0. The maximum atomic E-state index is 12.8. The summed E-state index contributed by atoms with van der Waals surface area (Å²) in [7, 11) is -3.83. The summed E-state index contributed by atoms with van der Waals surface area (Å²) in [6.07, 6.45) is 1.37. The van der Waals surface area contributed by atoms with Crippen molar-refractivity contribution in [3.8, 4) is 5.75 Å². The van der Waals surface area contributed by atoms with Crippen molar-refractivity contribution in [2.24, 2.45) is 5.14 Å². The molecule has 1 aliphatic rings. The number of ether oxygens (including phenoxy) is 1. The van der Waals surface area contributed by atoms with Gasteiger partial charge in [0.25, 0.3) is 5.91 Å². The number of rotatable bonds is 6. The van der Waals surface area contributed by atoms with Gasteiger partial charge in [0.15, 0.2) is 6.61 Å². The number of benzene rings is 3. The van der Waals surface area contributed by atoms with Crippen LogP contribution in [-0.2, 0) is 27.7 Å². The third-order valence-electron chi connectivity index (χ3n) is 5.14. The number of nitrogens with two attached hydrogens (primary N) is 1. The first-order valence-corrected chi connectivity index (χ1v) is 11.2. The monoisotopic (exact) mass is 422 g/mol. The van der Waals surface area contributed by atoms with E-state index in [2.05, 4.69) is 0 Å². The highest BCUT2D eigenvalue weighted by molar-refractivity contribution is 7.89. The van der Waals surface area contributed by atoms with E-state index in [9.17, 15) is 13.2 Å². The van der Waals surface area contributed by atoms with Gasteiger partial charge in [0, 0.05) is 18.7 Å². The molecule has 1 amide bonds. The largest absolute Gasteiger partial charge is 0.483 e. The lowest BCUT2D eigenvalue weighted by atomic mass is 10.0. The number of primary sulfonamides is 1. The fourth-order valence-electron chi connectivity index (χ4n) is 3.62. The summed E-state index contributed by atoms with van der Waals surface area (Å²) in [5, 5.41) is 5.23. The van der Waals surface area contributed by atoms with E-state index in [4.69, 9.17) is 9.88 Å². The van der Waals surface area contributed by atoms with Crippen LogP contribution in [0, 0.1) is 0 Å². The Labute approximate surface area is 176 Å². The highest BCUT2D eigenvalue weighted by atomic mass is 32.2.